The van der Waals surface area contributed by atoms with Crippen LogP contribution in [-0.2, 0) is 14.2 Å². The number of hydrogen-bond acceptors (Lipinski definition) is 5. The van der Waals surface area contributed by atoms with Crippen molar-refractivity contribution >= 4 is 0 Å². The van der Waals surface area contributed by atoms with Crippen LogP contribution in [0.4, 0.5) is 0 Å². The molecule has 13 heavy (non-hydrogen) atoms. The topological polar surface area (TPSA) is 68.2 Å². The second-order valence-corrected chi connectivity index (χ2v) is 3.82. The molecule has 2 saturated heterocycles. The fourth-order valence-electron chi connectivity index (χ4n) is 1.71. The van der Waals surface area contributed by atoms with Gasteiger partial charge in [-0.25, -0.2) is 0 Å². The molecular formula is C8H14O5. The third-order valence-corrected chi connectivity index (χ3v) is 2.29. The van der Waals surface area contributed by atoms with Crippen molar-refractivity contribution in [3.63, 3.8) is 0 Å². The van der Waals surface area contributed by atoms with Crippen molar-refractivity contribution in [3.8, 4) is 0 Å². The van der Waals surface area contributed by atoms with Gasteiger partial charge in [-0.05, 0) is 13.8 Å². The Morgan fingerprint density at radius 1 is 1.31 bits per heavy atom. The summed E-state index contributed by atoms with van der Waals surface area (Å²) >= 11 is 0. The molecule has 0 aliphatic carbocycles. The number of aliphatic hydroxyl groups is 2. The first-order chi connectivity index (χ1) is 6.03. The maximum Gasteiger partial charge on any atom is 0.190 e. The van der Waals surface area contributed by atoms with Crippen molar-refractivity contribution in [1.29, 1.82) is 0 Å². The molecule has 0 bridgehead atoms. The summed E-state index contributed by atoms with van der Waals surface area (Å²) in [4.78, 5) is 0. The third kappa shape index (κ3) is 1.47. The zero-order valence-electron chi connectivity index (χ0n) is 7.64. The van der Waals surface area contributed by atoms with Gasteiger partial charge in [0.15, 0.2) is 12.1 Å². The lowest BCUT2D eigenvalue weighted by Crippen LogP contribution is -2.36. The van der Waals surface area contributed by atoms with Gasteiger partial charge in [-0.2, -0.15) is 0 Å². The molecule has 0 aromatic rings. The highest BCUT2D eigenvalue weighted by atomic mass is 16.8. The molecule has 2 aliphatic rings. The third-order valence-electron chi connectivity index (χ3n) is 2.29. The van der Waals surface area contributed by atoms with Crippen molar-refractivity contribution in [3.05, 3.63) is 0 Å². The van der Waals surface area contributed by atoms with Gasteiger partial charge in [0.25, 0.3) is 0 Å². The summed E-state index contributed by atoms with van der Waals surface area (Å²) in [6.07, 6.45) is -2.43. The van der Waals surface area contributed by atoms with Crippen LogP contribution in [0, 0.1) is 0 Å². The largest absolute Gasteiger partial charge is 0.394 e. The lowest BCUT2D eigenvalue weighted by molar-refractivity contribution is -0.218. The van der Waals surface area contributed by atoms with E-state index < -0.39 is 30.4 Å². The molecule has 0 amide bonds. The monoisotopic (exact) mass is 190 g/mol. The van der Waals surface area contributed by atoms with Crippen LogP contribution in [0.3, 0.4) is 0 Å². The number of rotatable bonds is 1. The summed E-state index contributed by atoms with van der Waals surface area (Å²) in [5.41, 5.74) is 0. The molecule has 76 valence electrons. The smallest absolute Gasteiger partial charge is 0.190 e. The number of aliphatic hydroxyl groups excluding tert-OH is 2. The van der Waals surface area contributed by atoms with Gasteiger partial charge < -0.3 is 24.4 Å². The van der Waals surface area contributed by atoms with Crippen molar-refractivity contribution in [1.82, 2.24) is 0 Å². The molecule has 2 unspecified atom stereocenters. The first-order valence-electron chi connectivity index (χ1n) is 4.33. The van der Waals surface area contributed by atoms with Crippen molar-refractivity contribution in [2.24, 2.45) is 0 Å². The van der Waals surface area contributed by atoms with E-state index in [1.165, 1.54) is 0 Å². The Kier molecular flexibility index (Phi) is 2.08. The Morgan fingerprint density at radius 2 is 2.00 bits per heavy atom. The van der Waals surface area contributed by atoms with Gasteiger partial charge in [-0.1, -0.05) is 0 Å². The number of fused-ring (bicyclic) bond motifs is 1. The molecule has 0 spiro atoms. The molecule has 5 nitrogen and oxygen atoms in total. The minimum atomic E-state index is -0.809. The van der Waals surface area contributed by atoms with Crippen LogP contribution in [0.15, 0.2) is 0 Å². The van der Waals surface area contributed by atoms with E-state index in [-0.39, 0.29) is 6.61 Å². The fourth-order valence-corrected chi connectivity index (χ4v) is 1.71. The summed E-state index contributed by atoms with van der Waals surface area (Å²) in [6, 6.07) is 0. The van der Waals surface area contributed by atoms with Crippen LogP contribution in [0.2, 0.25) is 0 Å². The minimum Gasteiger partial charge on any atom is -0.394 e. The predicted octanol–water partition coefficient (Wildman–Crippen LogP) is -0.784. The summed E-state index contributed by atoms with van der Waals surface area (Å²) in [5, 5.41) is 18.4. The molecule has 2 heterocycles. The molecule has 0 saturated carbocycles. The van der Waals surface area contributed by atoms with Gasteiger partial charge >= 0.3 is 0 Å². The normalized spacial score (nSPS) is 48.0. The van der Waals surface area contributed by atoms with Gasteiger partial charge in [0.05, 0.1) is 6.61 Å². The summed E-state index contributed by atoms with van der Waals surface area (Å²) in [5.74, 6) is -0.712. The lowest BCUT2D eigenvalue weighted by Gasteiger charge is -2.21. The van der Waals surface area contributed by atoms with E-state index in [0.29, 0.717) is 0 Å². The lowest BCUT2D eigenvalue weighted by atomic mass is 10.1. The number of hydrogen-bond donors (Lipinski definition) is 2. The Labute approximate surface area is 76.2 Å². The van der Waals surface area contributed by atoms with E-state index in [9.17, 15) is 5.11 Å². The van der Waals surface area contributed by atoms with E-state index >= 15 is 0 Å². The first-order valence-corrected chi connectivity index (χ1v) is 4.33. The SMILES string of the molecule is CC1(C)OC2C(O)[C@@H](CO)O[C@@H]2O1. The van der Waals surface area contributed by atoms with Crippen LogP contribution in [-0.4, -0.2) is 47.2 Å². The first kappa shape index (κ1) is 9.36. The van der Waals surface area contributed by atoms with Gasteiger partial charge in [-0.3, -0.25) is 0 Å². The zero-order chi connectivity index (χ0) is 9.64. The highest BCUT2D eigenvalue weighted by molar-refractivity contribution is 4.92. The van der Waals surface area contributed by atoms with E-state index in [2.05, 4.69) is 0 Å². The van der Waals surface area contributed by atoms with Gasteiger partial charge in [0.1, 0.15) is 18.3 Å². The van der Waals surface area contributed by atoms with Crippen LogP contribution >= 0.6 is 0 Å². The van der Waals surface area contributed by atoms with Gasteiger partial charge in [-0.15, -0.1) is 0 Å². The summed E-state index contributed by atoms with van der Waals surface area (Å²) < 4.78 is 16.0. The van der Waals surface area contributed by atoms with Crippen LogP contribution in [0.25, 0.3) is 0 Å². The Hall–Kier alpha value is -0.200. The molecule has 2 fully saturated rings. The quantitative estimate of drug-likeness (QED) is 0.567. The Bertz CT molecular complexity index is 205. The molecular weight excluding hydrogens is 176 g/mol. The molecule has 0 aromatic carbocycles. The van der Waals surface area contributed by atoms with Gasteiger partial charge in [0, 0.05) is 0 Å². The Morgan fingerprint density at radius 3 is 2.54 bits per heavy atom. The van der Waals surface area contributed by atoms with Crippen molar-refractivity contribution in [2.75, 3.05) is 6.61 Å². The molecule has 5 heteroatoms. The van der Waals surface area contributed by atoms with Crippen LogP contribution in [0.5, 0.6) is 0 Å². The maximum atomic E-state index is 9.60. The molecule has 2 N–H and O–H groups in total. The molecule has 2 rings (SSSR count). The highest BCUT2D eigenvalue weighted by Gasteiger charge is 2.53. The van der Waals surface area contributed by atoms with E-state index in [4.69, 9.17) is 19.3 Å². The number of ether oxygens (including phenoxy) is 3. The highest BCUT2D eigenvalue weighted by Crippen LogP contribution is 2.36. The van der Waals surface area contributed by atoms with E-state index in [1.807, 2.05) is 0 Å². The summed E-state index contributed by atoms with van der Waals surface area (Å²) in [7, 11) is 0. The average molecular weight is 190 g/mol. The molecule has 0 aromatic heterocycles. The van der Waals surface area contributed by atoms with E-state index in [1.54, 1.807) is 13.8 Å². The van der Waals surface area contributed by atoms with Gasteiger partial charge in [0.2, 0.25) is 0 Å². The Balaban J connectivity index is 2.07. The molecule has 2 aliphatic heterocycles. The minimum absolute atomic E-state index is 0.221. The summed E-state index contributed by atoms with van der Waals surface area (Å²) in [6.45, 7) is 3.30. The van der Waals surface area contributed by atoms with Crippen molar-refractivity contribution < 1.29 is 24.4 Å². The van der Waals surface area contributed by atoms with Crippen molar-refractivity contribution in [2.45, 2.75) is 44.2 Å². The second-order valence-electron chi connectivity index (χ2n) is 3.82. The maximum absolute atomic E-state index is 9.60. The second kappa shape index (κ2) is 2.90. The predicted molar refractivity (Wildman–Crippen MR) is 41.8 cm³/mol. The standard InChI is InChI=1S/C8H14O5/c1-8(2)12-6-5(10)4(3-9)11-7(6)13-8/h4-7,9-10H,3H2,1-2H3/t4-,5?,6?,7-/m1/s1. The molecule has 4 atom stereocenters. The fraction of sp³-hybridized carbons (Fsp3) is 1.00. The average Bonchev–Trinajstić information content (AvgIpc) is 2.47. The van der Waals surface area contributed by atoms with Crippen LogP contribution < -0.4 is 0 Å². The zero-order valence-corrected chi connectivity index (χ0v) is 7.64. The van der Waals surface area contributed by atoms with E-state index in [0.717, 1.165) is 0 Å². The molecule has 0 radical (unpaired) electrons. The van der Waals surface area contributed by atoms with Crippen LogP contribution in [0.1, 0.15) is 13.8 Å².